The van der Waals surface area contributed by atoms with E-state index in [-0.39, 0.29) is 5.41 Å². The predicted octanol–water partition coefficient (Wildman–Crippen LogP) is 3.54. The quantitative estimate of drug-likeness (QED) is 0.775. The van der Waals surface area contributed by atoms with E-state index in [1.54, 1.807) is 0 Å². The lowest BCUT2D eigenvalue weighted by molar-refractivity contribution is 0.171. The van der Waals surface area contributed by atoms with Gasteiger partial charge in [0.2, 0.25) is 0 Å². The van der Waals surface area contributed by atoms with Crippen LogP contribution in [0.5, 0.6) is 11.5 Å². The number of hydrogen-bond acceptors (Lipinski definition) is 2. The van der Waals surface area contributed by atoms with Crippen molar-refractivity contribution in [1.82, 2.24) is 0 Å². The van der Waals surface area contributed by atoms with Gasteiger partial charge >= 0.3 is 0 Å². The average molecular weight is 220 g/mol. The van der Waals surface area contributed by atoms with Crippen LogP contribution in [0.4, 0.5) is 0 Å². The third-order valence-electron chi connectivity index (χ3n) is 3.20. The smallest absolute Gasteiger partial charge is 0.161 e. The summed E-state index contributed by atoms with van der Waals surface area (Å²) in [6.07, 6.45) is 2.38. The summed E-state index contributed by atoms with van der Waals surface area (Å²) in [5, 5.41) is 0. The average Bonchev–Trinajstić information content (AvgIpc) is 2.28. The Morgan fingerprint density at radius 2 is 1.81 bits per heavy atom. The molecule has 0 fully saturated rings. The first-order chi connectivity index (χ1) is 7.63. The summed E-state index contributed by atoms with van der Waals surface area (Å²) in [4.78, 5) is 0. The van der Waals surface area contributed by atoms with Gasteiger partial charge in [0, 0.05) is 0 Å². The van der Waals surface area contributed by atoms with E-state index >= 15 is 0 Å². The molecule has 0 atom stereocenters. The van der Waals surface area contributed by atoms with Gasteiger partial charge in [0.05, 0.1) is 0 Å². The van der Waals surface area contributed by atoms with E-state index in [1.165, 1.54) is 18.4 Å². The molecule has 0 radical (unpaired) electrons. The molecule has 16 heavy (non-hydrogen) atoms. The van der Waals surface area contributed by atoms with Gasteiger partial charge in [-0.3, -0.25) is 0 Å². The van der Waals surface area contributed by atoms with Crippen molar-refractivity contribution in [3.05, 3.63) is 23.8 Å². The van der Waals surface area contributed by atoms with Crippen molar-refractivity contribution in [1.29, 1.82) is 0 Å². The second-order valence-corrected chi connectivity index (χ2v) is 4.99. The fourth-order valence-electron chi connectivity index (χ4n) is 2.23. The summed E-state index contributed by atoms with van der Waals surface area (Å²) in [7, 11) is 0. The fraction of sp³-hybridized carbons (Fsp3) is 0.571. The van der Waals surface area contributed by atoms with E-state index in [9.17, 15) is 0 Å². The molecule has 0 N–H and O–H groups in total. The molecule has 1 aromatic rings. The molecule has 2 rings (SSSR count). The molecule has 0 spiro atoms. The summed E-state index contributed by atoms with van der Waals surface area (Å²) >= 11 is 0. The van der Waals surface area contributed by atoms with Gasteiger partial charge in [-0.25, -0.2) is 0 Å². The Labute approximate surface area is 97.6 Å². The van der Waals surface area contributed by atoms with Gasteiger partial charge in [0.15, 0.2) is 11.5 Å². The molecule has 0 saturated heterocycles. The maximum atomic E-state index is 5.61. The zero-order valence-electron chi connectivity index (χ0n) is 10.4. The molecule has 0 aliphatic carbocycles. The highest BCUT2D eigenvalue weighted by atomic mass is 16.6. The first-order valence-electron chi connectivity index (χ1n) is 6.03. The molecular weight excluding hydrogens is 200 g/mol. The molecule has 0 unspecified atom stereocenters. The molecule has 1 aliphatic rings. The van der Waals surface area contributed by atoms with Crippen LogP contribution >= 0.6 is 0 Å². The van der Waals surface area contributed by atoms with Gasteiger partial charge < -0.3 is 9.47 Å². The summed E-state index contributed by atoms with van der Waals surface area (Å²) in [6, 6.07) is 6.31. The SMILES string of the molecule is CCCC(C)(C)c1ccc2c(c1)OCCO2. The maximum absolute atomic E-state index is 5.61. The van der Waals surface area contributed by atoms with Crippen molar-refractivity contribution < 1.29 is 9.47 Å². The summed E-state index contributed by atoms with van der Waals surface area (Å²) in [5.74, 6) is 1.77. The van der Waals surface area contributed by atoms with Crippen LogP contribution in [0.3, 0.4) is 0 Å². The number of hydrogen-bond donors (Lipinski definition) is 0. The van der Waals surface area contributed by atoms with E-state index in [0.717, 1.165) is 11.5 Å². The standard InChI is InChI=1S/C14H20O2/c1-4-7-14(2,3)11-5-6-12-13(10-11)16-9-8-15-12/h5-6,10H,4,7-9H2,1-3H3. The normalized spacial score (nSPS) is 14.9. The molecule has 1 heterocycles. The second-order valence-electron chi connectivity index (χ2n) is 4.99. The Bertz CT molecular complexity index is 369. The highest BCUT2D eigenvalue weighted by Gasteiger charge is 2.22. The van der Waals surface area contributed by atoms with Crippen LogP contribution in [0.15, 0.2) is 18.2 Å². The zero-order valence-corrected chi connectivity index (χ0v) is 10.4. The van der Waals surface area contributed by atoms with Crippen LogP contribution in [-0.4, -0.2) is 13.2 Å². The van der Waals surface area contributed by atoms with E-state index in [4.69, 9.17) is 9.47 Å². The maximum Gasteiger partial charge on any atom is 0.161 e. The van der Waals surface area contributed by atoms with Crippen molar-refractivity contribution in [2.75, 3.05) is 13.2 Å². The lowest BCUT2D eigenvalue weighted by Gasteiger charge is -2.27. The minimum atomic E-state index is 0.213. The summed E-state index contributed by atoms with van der Waals surface area (Å²) in [6.45, 7) is 8.10. The van der Waals surface area contributed by atoms with Crippen LogP contribution in [0, 0.1) is 0 Å². The highest BCUT2D eigenvalue weighted by molar-refractivity contribution is 5.45. The molecule has 0 saturated carbocycles. The van der Waals surface area contributed by atoms with Crippen molar-refractivity contribution in [2.45, 2.75) is 39.0 Å². The van der Waals surface area contributed by atoms with Crippen LogP contribution in [0.25, 0.3) is 0 Å². The minimum absolute atomic E-state index is 0.213. The van der Waals surface area contributed by atoms with Crippen molar-refractivity contribution in [2.24, 2.45) is 0 Å². The van der Waals surface area contributed by atoms with Crippen molar-refractivity contribution in [3.8, 4) is 11.5 Å². The summed E-state index contributed by atoms with van der Waals surface area (Å²) in [5.41, 5.74) is 1.54. The second kappa shape index (κ2) is 4.36. The molecule has 0 amide bonds. The molecule has 0 bridgehead atoms. The Morgan fingerprint density at radius 3 is 2.50 bits per heavy atom. The summed E-state index contributed by atoms with van der Waals surface area (Å²) < 4.78 is 11.1. The predicted molar refractivity (Wildman–Crippen MR) is 65.4 cm³/mol. The topological polar surface area (TPSA) is 18.5 Å². The number of fused-ring (bicyclic) bond motifs is 1. The number of ether oxygens (including phenoxy) is 2. The van der Waals surface area contributed by atoms with E-state index in [0.29, 0.717) is 13.2 Å². The third kappa shape index (κ3) is 2.16. The van der Waals surface area contributed by atoms with Crippen molar-refractivity contribution in [3.63, 3.8) is 0 Å². The zero-order chi connectivity index (χ0) is 11.6. The number of rotatable bonds is 3. The molecule has 2 nitrogen and oxygen atoms in total. The molecule has 1 aromatic carbocycles. The van der Waals surface area contributed by atoms with E-state index in [2.05, 4.69) is 32.9 Å². The molecular formula is C14H20O2. The molecule has 1 aliphatic heterocycles. The van der Waals surface area contributed by atoms with Gasteiger partial charge in [-0.1, -0.05) is 33.3 Å². The van der Waals surface area contributed by atoms with Crippen LogP contribution in [-0.2, 0) is 5.41 Å². The highest BCUT2D eigenvalue weighted by Crippen LogP contribution is 2.36. The Morgan fingerprint density at radius 1 is 1.12 bits per heavy atom. The fourth-order valence-corrected chi connectivity index (χ4v) is 2.23. The molecule has 2 heteroatoms. The Kier molecular flexibility index (Phi) is 3.08. The number of benzene rings is 1. The van der Waals surface area contributed by atoms with Gasteiger partial charge in [0.25, 0.3) is 0 Å². The van der Waals surface area contributed by atoms with Gasteiger partial charge in [-0.05, 0) is 29.5 Å². The molecule has 0 aromatic heterocycles. The monoisotopic (exact) mass is 220 g/mol. The van der Waals surface area contributed by atoms with Gasteiger partial charge in [-0.2, -0.15) is 0 Å². The van der Waals surface area contributed by atoms with Gasteiger partial charge in [-0.15, -0.1) is 0 Å². The van der Waals surface area contributed by atoms with E-state index in [1.807, 2.05) is 6.07 Å². The van der Waals surface area contributed by atoms with Crippen LogP contribution < -0.4 is 9.47 Å². The largest absolute Gasteiger partial charge is 0.486 e. The third-order valence-corrected chi connectivity index (χ3v) is 3.20. The van der Waals surface area contributed by atoms with Crippen LogP contribution in [0.2, 0.25) is 0 Å². The first kappa shape index (κ1) is 11.3. The lowest BCUT2D eigenvalue weighted by atomic mass is 9.80. The lowest BCUT2D eigenvalue weighted by Crippen LogP contribution is -2.19. The van der Waals surface area contributed by atoms with E-state index < -0.39 is 0 Å². The van der Waals surface area contributed by atoms with Crippen LogP contribution in [0.1, 0.15) is 39.2 Å². The Balaban J connectivity index is 2.29. The van der Waals surface area contributed by atoms with Gasteiger partial charge in [0.1, 0.15) is 13.2 Å². The minimum Gasteiger partial charge on any atom is -0.486 e. The first-order valence-corrected chi connectivity index (χ1v) is 6.03. The molecule has 88 valence electrons. The Hall–Kier alpha value is -1.18. The van der Waals surface area contributed by atoms with Crippen molar-refractivity contribution >= 4 is 0 Å².